The molecule has 7 heteroatoms. The maximum absolute atomic E-state index is 5.95. The molecule has 1 atom stereocenters. The maximum Gasteiger partial charge on any atom is 0.191 e. The van der Waals surface area contributed by atoms with Gasteiger partial charge in [0.05, 0.1) is 18.8 Å². The molecule has 0 aliphatic heterocycles. The Hall–Kier alpha value is -2.21. The van der Waals surface area contributed by atoms with E-state index in [9.17, 15) is 0 Å². The molecule has 23 heavy (non-hydrogen) atoms. The molecule has 0 saturated heterocycles. The number of hydrogen-bond donors (Lipinski definition) is 2. The van der Waals surface area contributed by atoms with Crippen LogP contribution in [0.15, 0.2) is 41.5 Å². The van der Waals surface area contributed by atoms with Crippen molar-refractivity contribution in [1.29, 1.82) is 0 Å². The molecule has 1 aromatic carbocycles. The average Bonchev–Trinajstić information content (AvgIpc) is 2.93. The zero-order valence-corrected chi connectivity index (χ0v) is 14.3. The highest BCUT2D eigenvalue weighted by Gasteiger charge is 2.07. The minimum atomic E-state index is -0.0243. The Morgan fingerprint density at radius 2 is 2.22 bits per heavy atom. The summed E-state index contributed by atoms with van der Waals surface area (Å²) in [5.41, 5.74) is 1.08. The molecule has 0 fully saturated rings. The lowest BCUT2D eigenvalue weighted by Crippen LogP contribution is -2.41. The molecule has 2 N–H and O–H groups in total. The number of nitrogens with zero attached hydrogens (tertiary/aromatic N) is 3. The molecule has 2 rings (SSSR count). The van der Waals surface area contributed by atoms with Gasteiger partial charge in [-0.05, 0) is 31.2 Å². The number of guanidine groups is 1. The number of halogens is 1. The van der Waals surface area contributed by atoms with Crippen LogP contribution in [0.5, 0.6) is 5.75 Å². The Kier molecular flexibility index (Phi) is 6.29. The third-order valence-corrected chi connectivity index (χ3v) is 3.51. The van der Waals surface area contributed by atoms with Crippen molar-refractivity contribution in [3.63, 3.8) is 0 Å². The number of aliphatic imine (C=N–C) groups is 1. The Morgan fingerprint density at radius 3 is 2.87 bits per heavy atom. The smallest absolute Gasteiger partial charge is 0.191 e. The van der Waals surface area contributed by atoms with Gasteiger partial charge in [-0.3, -0.25) is 9.67 Å². The second-order valence-corrected chi connectivity index (χ2v) is 5.58. The molecule has 0 spiro atoms. The summed E-state index contributed by atoms with van der Waals surface area (Å²) in [6.45, 7) is 3.26. The van der Waals surface area contributed by atoms with Gasteiger partial charge in [0.2, 0.25) is 0 Å². The largest absolute Gasteiger partial charge is 0.489 e. The lowest BCUT2D eigenvalue weighted by molar-refractivity contribution is 0.224. The van der Waals surface area contributed by atoms with Crippen molar-refractivity contribution in [2.75, 3.05) is 13.6 Å². The highest BCUT2D eigenvalue weighted by Crippen LogP contribution is 2.18. The molecule has 2 aromatic rings. The van der Waals surface area contributed by atoms with Gasteiger partial charge in [0.1, 0.15) is 11.9 Å². The highest BCUT2D eigenvalue weighted by atomic mass is 35.5. The number of aromatic nitrogens is 2. The van der Waals surface area contributed by atoms with Crippen LogP contribution >= 0.6 is 11.6 Å². The summed E-state index contributed by atoms with van der Waals surface area (Å²) < 4.78 is 7.64. The Bertz CT molecular complexity index is 655. The van der Waals surface area contributed by atoms with Gasteiger partial charge in [0, 0.05) is 25.3 Å². The summed E-state index contributed by atoms with van der Waals surface area (Å²) in [4.78, 5) is 4.20. The van der Waals surface area contributed by atoms with Gasteiger partial charge in [-0.2, -0.15) is 5.10 Å². The van der Waals surface area contributed by atoms with Crippen molar-refractivity contribution in [2.45, 2.75) is 19.6 Å². The predicted octanol–water partition coefficient (Wildman–Crippen LogP) is 2.21. The van der Waals surface area contributed by atoms with Crippen LogP contribution in [0, 0.1) is 0 Å². The molecule has 0 saturated carbocycles. The van der Waals surface area contributed by atoms with Gasteiger partial charge in [0.25, 0.3) is 0 Å². The molecule has 1 aromatic heterocycles. The van der Waals surface area contributed by atoms with Crippen molar-refractivity contribution >= 4 is 17.6 Å². The first-order valence-corrected chi connectivity index (χ1v) is 7.80. The van der Waals surface area contributed by atoms with E-state index >= 15 is 0 Å². The zero-order chi connectivity index (χ0) is 16.7. The van der Waals surface area contributed by atoms with Crippen LogP contribution in [0.2, 0.25) is 5.02 Å². The summed E-state index contributed by atoms with van der Waals surface area (Å²) in [5, 5.41) is 11.3. The fourth-order valence-corrected chi connectivity index (χ4v) is 2.20. The number of rotatable bonds is 6. The molecular formula is C16H22ClN5O. The van der Waals surface area contributed by atoms with Crippen molar-refractivity contribution < 1.29 is 4.74 Å². The van der Waals surface area contributed by atoms with E-state index in [-0.39, 0.29) is 6.10 Å². The number of ether oxygens (including phenoxy) is 1. The van der Waals surface area contributed by atoms with Crippen LogP contribution in [0.1, 0.15) is 12.6 Å². The van der Waals surface area contributed by atoms with Gasteiger partial charge in [-0.25, -0.2) is 0 Å². The van der Waals surface area contributed by atoms with E-state index in [0.717, 1.165) is 11.4 Å². The van der Waals surface area contributed by atoms with Crippen LogP contribution in [0.25, 0.3) is 0 Å². The number of benzene rings is 1. The fraction of sp³-hybridized carbons (Fsp3) is 0.375. The van der Waals surface area contributed by atoms with Crippen molar-refractivity contribution in [1.82, 2.24) is 20.4 Å². The molecule has 6 nitrogen and oxygen atoms in total. The van der Waals surface area contributed by atoms with E-state index in [1.54, 1.807) is 19.3 Å². The van der Waals surface area contributed by atoms with Gasteiger partial charge in [-0.1, -0.05) is 17.7 Å². The van der Waals surface area contributed by atoms with Crippen molar-refractivity contribution in [2.24, 2.45) is 12.0 Å². The van der Waals surface area contributed by atoms with Gasteiger partial charge in [0.15, 0.2) is 5.96 Å². The number of nitrogens with one attached hydrogen (secondary N) is 2. The van der Waals surface area contributed by atoms with Crippen LogP contribution in [-0.2, 0) is 13.6 Å². The van der Waals surface area contributed by atoms with E-state index < -0.39 is 0 Å². The Balaban J connectivity index is 1.77. The molecule has 124 valence electrons. The fourth-order valence-electron chi connectivity index (χ4n) is 2.02. The number of aryl methyl sites for hydroxylation is 1. The zero-order valence-electron chi connectivity index (χ0n) is 13.6. The second kappa shape index (κ2) is 8.43. The predicted molar refractivity (Wildman–Crippen MR) is 93.0 cm³/mol. The highest BCUT2D eigenvalue weighted by molar-refractivity contribution is 6.30. The van der Waals surface area contributed by atoms with Crippen molar-refractivity contribution in [3.05, 3.63) is 47.2 Å². The van der Waals surface area contributed by atoms with Crippen LogP contribution in [0.4, 0.5) is 0 Å². The third kappa shape index (κ3) is 5.49. The summed E-state index contributed by atoms with van der Waals surface area (Å²) >= 11 is 5.95. The first kappa shape index (κ1) is 17.1. The average molecular weight is 336 g/mol. The minimum Gasteiger partial charge on any atom is -0.489 e. The molecule has 1 unspecified atom stereocenters. The molecular weight excluding hydrogens is 314 g/mol. The standard InChI is InChI=1S/C16H22ClN5O/c1-12(23-15-6-4-5-13(17)9-15)10-19-16(18-2)20-11-14-7-8-21-22(14)3/h4-9,12H,10-11H2,1-3H3,(H2,18,19,20). The SMILES string of the molecule is CN=C(NCc1ccnn1C)NCC(C)Oc1cccc(Cl)c1. The van der Waals surface area contributed by atoms with Crippen LogP contribution < -0.4 is 15.4 Å². The summed E-state index contributed by atoms with van der Waals surface area (Å²) in [6.07, 6.45) is 1.75. The van der Waals surface area contributed by atoms with E-state index in [1.807, 2.05) is 42.9 Å². The summed E-state index contributed by atoms with van der Waals surface area (Å²) in [7, 11) is 3.65. The van der Waals surface area contributed by atoms with Crippen LogP contribution in [-0.4, -0.2) is 35.4 Å². The molecule has 0 aliphatic rings. The first-order valence-electron chi connectivity index (χ1n) is 7.42. The van der Waals surface area contributed by atoms with Gasteiger partial charge in [-0.15, -0.1) is 0 Å². The lowest BCUT2D eigenvalue weighted by Gasteiger charge is -2.18. The van der Waals surface area contributed by atoms with Gasteiger partial charge < -0.3 is 15.4 Å². The Labute approximate surface area is 141 Å². The molecule has 0 amide bonds. The van der Waals surface area contributed by atoms with Crippen molar-refractivity contribution in [3.8, 4) is 5.75 Å². The summed E-state index contributed by atoms with van der Waals surface area (Å²) in [5.74, 6) is 1.47. The third-order valence-electron chi connectivity index (χ3n) is 3.27. The second-order valence-electron chi connectivity index (χ2n) is 5.14. The van der Waals surface area contributed by atoms with E-state index in [0.29, 0.717) is 24.1 Å². The maximum atomic E-state index is 5.95. The van der Waals surface area contributed by atoms with E-state index in [1.165, 1.54) is 0 Å². The first-order chi connectivity index (χ1) is 11.1. The molecule has 0 aliphatic carbocycles. The quantitative estimate of drug-likeness (QED) is 0.627. The topological polar surface area (TPSA) is 63.5 Å². The van der Waals surface area contributed by atoms with Gasteiger partial charge >= 0.3 is 0 Å². The molecule has 0 bridgehead atoms. The molecule has 0 radical (unpaired) electrons. The van der Waals surface area contributed by atoms with Crippen LogP contribution in [0.3, 0.4) is 0 Å². The molecule has 1 heterocycles. The van der Waals surface area contributed by atoms with E-state index in [2.05, 4.69) is 20.7 Å². The van der Waals surface area contributed by atoms with E-state index in [4.69, 9.17) is 16.3 Å². The normalized spacial score (nSPS) is 12.8. The lowest BCUT2D eigenvalue weighted by atomic mass is 10.3. The monoisotopic (exact) mass is 335 g/mol. The Morgan fingerprint density at radius 1 is 1.39 bits per heavy atom. The minimum absolute atomic E-state index is 0.0243. The number of hydrogen-bond acceptors (Lipinski definition) is 3. The summed E-state index contributed by atoms with van der Waals surface area (Å²) in [6, 6.07) is 9.34.